The second-order valence-electron chi connectivity index (χ2n) is 3.74. The van der Waals surface area contributed by atoms with Crippen molar-refractivity contribution in [3.05, 3.63) is 41.6 Å². The molecule has 1 aromatic carbocycles. The predicted octanol–water partition coefficient (Wildman–Crippen LogP) is 3.92. The highest BCUT2D eigenvalue weighted by Crippen LogP contribution is 2.29. The van der Waals surface area contributed by atoms with Gasteiger partial charge in [-0.15, -0.1) is 0 Å². The van der Waals surface area contributed by atoms with Crippen LogP contribution in [0.4, 0.5) is 8.78 Å². The minimum atomic E-state index is -2.51. The molecule has 0 aliphatic carbocycles. The quantitative estimate of drug-likeness (QED) is 0.786. The lowest BCUT2D eigenvalue weighted by Gasteiger charge is -2.02. The predicted molar refractivity (Wildman–Crippen MR) is 66.2 cm³/mol. The van der Waals surface area contributed by atoms with Crippen molar-refractivity contribution in [2.45, 2.75) is 11.8 Å². The molecule has 0 saturated heterocycles. The summed E-state index contributed by atoms with van der Waals surface area (Å²) in [7, 11) is 1.64. The maximum absolute atomic E-state index is 12.8. The van der Waals surface area contributed by atoms with Crippen LogP contribution in [0.15, 0.2) is 30.5 Å². The summed E-state index contributed by atoms with van der Waals surface area (Å²) in [5.41, 5.74) is 2.14. The van der Waals surface area contributed by atoms with E-state index in [2.05, 4.69) is 21.0 Å². The Kier molecular flexibility index (Phi) is 3.57. The normalized spacial score (nSPS) is 11.1. The second-order valence-corrected chi connectivity index (χ2v) is 4.30. The molecule has 0 amide bonds. The number of hydrogen-bond donors (Lipinski definition) is 0. The maximum atomic E-state index is 12.8. The van der Waals surface area contributed by atoms with Gasteiger partial charge >= 0.3 is 0 Å². The first-order valence-corrected chi connectivity index (χ1v) is 6.21. The van der Waals surface area contributed by atoms with E-state index in [4.69, 9.17) is 0 Å². The van der Waals surface area contributed by atoms with Crippen molar-refractivity contribution in [3.63, 3.8) is 0 Å². The van der Waals surface area contributed by atoms with E-state index in [1.807, 2.05) is 24.3 Å². The molecule has 0 aliphatic rings. The Balaban J connectivity index is 2.44. The van der Waals surface area contributed by atoms with Crippen LogP contribution in [0.2, 0.25) is 0 Å². The molecule has 2 nitrogen and oxygen atoms in total. The summed E-state index contributed by atoms with van der Waals surface area (Å²) >= 11 is 3.34. The zero-order chi connectivity index (χ0) is 12.4. The minimum Gasteiger partial charge on any atom is -0.275 e. The number of rotatable bonds is 3. The summed E-state index contributed by atoms with van der Waals surface area (Å²) in [6, 6.07) is 7.41. The van der Waals surface area contributed by atoms with E-state index in [1.165, 1.54) is 10.9 Å². The number of hydrogen-bond acceptors (Lipinski definition) is 1. The van der Waals surface area contributed by atoms with Crippen molar-refractivity contribution < 1.29 is 8.78 Å². The number of nitrogens with zero attached hydrogens (tertiary/aromatic N) is 2. The van der Waals surface area contributed by atoms with E-state index < -0.39 is 6.43 Å². The Labute approximate surface area is 106 Å². The van der Waals surface area contributed by atoms with Gasteiger partial charge in [-0.05, 0) is 5.56 Å². The fraction of sp³-hybridized carbons (Fsp3) is 0.250. The van der Waals surface area contributed by atoms with Crippen LogP contribution in [0.1, 0.15) is 17.6 Å². The van der Waals surface area contributed by atoms with E-state index >= 15 is 0 Å². The lowest BCUT2D eigenvalue weighted by Crippen LogP contribution is -1.89. The third kappa shape index (κ3) is 2.54. The topological polar surface area (TPSA) is 17.8 Å². The van der Waals surface area contributed by atoms with Gasteiger partial charge in [0.2, 0.25) is 0 Å². The Morgan fingerprint density at radius 3 is 2.47 bits per heavy atom. The average Bonchev–Trinajstić information content (AvgIpc) is 2.72. The molecular weight excluding hydrogens is 290 g/mol. The molecule has 90 valence electrons. The van der Waals surface area contributed by atoms with Crippen LogP contribution < -0.4 is 0 Å². The molecule has 2 aromatic rings. The summed E-state index contributed by atoms with van der Waals surface area (Å²) < 4.78 is 27.0. The molecule has 0 saturated carbocycles. The zero-order valence-electron chi connectivity index (χ0n) is 9.20. The molecule has 0 atom stereocenters. The number of benzene rings is 1. The molecule has 1 heterocycles. The fourth-order valence-electron chi connectivity index (χ4n) is 1.64. The van der Waals surface area contributed by atoms with Crippen molar-refractivity contribution >= 4 is 15.9 Å². The number of aryl methyl sites for hydroxylation is 1. The minimum absolute atomic E-state index is 0.0286. The summed E-state index contributed by atoms with van der Waals surface area (Å²) in [6.45, 7) is 0. The zero-order valence-corrected chi connectivity index (χ0v) is 10.8. The monoisotopic (exact) mass is 300 g/mol. The molecule has 0 fully saturated rings. The molecular formula is C12H11BrF2N2. The first-order chi connectivity index (χ1) is 8.11. The van der Waals surface area contributed by atoms with Gasteiger partial charge in [0.1, 0.15) is 5.69 Å². The van der Waals surface area contributed by atoms with E-state index in [-0.39, 0.29) is 5.56 Å². The van der Waals surface area contributed by atoms with Gasteiger partial charge in [0, 0.05) is 24.1 Å². The molecule has 5 heteroatoms. The van der Waals surface area contributed by atoms with Crippen molar-refractivity contribution in [2.24, 2.45) is 7.05 Å². The molecule has 0 N–H and O–H groups in total. The molecule has 0 unspecified atom stereocenters. The Bertz CT molecular complexity index is 506. The van der Waals surface area contributed by atoms with Crippen LogP contribution >= 0.6 is 15.9 Å². The van der Waals surface area contributed by atoms with E-state index in [9.17, 15) is 8.78 Å². The van der Waals surface area contributed by atoms with Crippen LogP contribution in [0.5, 0.6) is 0 Å². The third-order valence-electron chi connectivity index (χ3n) is 2.47. The second kappa shape index (κ2) is 4.96. The average molecular weight is 301 g/mol. The molecule has 0 bridgehead atoms. The summed E-state index contributed by atoms with van der Waals surface area (Å²) in [5.74, 6) is 0. The van der Waals surface area contributed by atoms with Crippen LogP contribution in [-0.2, 0) is 12.4 Å². The lowest BCUT2D eigenvalue weighted by atomic mass is 10.1. The van der Waals surface area contributed by atoms with Crippen LogP contribution in [0, 0.1) is 0 Å². The number of halogens is 3. The smallest absolute Gasteiger partial charge is 0.267 e. The number of alkyl halides is 3. The maximum Gasteiger partial charge on any atom is 0.267 e. The van der Waals surface area contributed by atoms with Gasteiger partial charge in [0.15, 0.2) is 0 Å². The first kappa shape index (κ1) is 12.2. The van der Waals surface area contributed by atoms with E-state index in [1.54, 1.807) is 7.05 Å². The summed E-state index contributed by atoms with van der Waals surface area (Å²) in [4.78, 5) is 0. The van der Waals surface area contributed by atoms with Gasteiger partial charge in [0.25, 0.3) is 6.43 Å². The molecule has 0 spiro atoms. The SMILES string of the molecule is Cn1cc(C(F)F)c(-c2ccc(CBr)cc2)n1. The Morgan fingerprint density at radius 1 is 1.29 bits per heavy atom. The standard InChI is InChI=1S/C12H11BrF2N2/c1-17-7-10(12(14)15)11(16-17)9-4-2-8(6-13)3-5-9/h2-5,7,12H,6H2,1H3. The molecule has 2 rings (SSSR count). The third-order valence-corrected chi connectivity index (χ3v) is 3.12. The highest BCUT2D eigenvalue weighted by atomic mass is 79.9. The molecule has 0 aliphatic heterocycles. The largest absolute Gasteiger partial charge is 0.275 e. The van der Waals surface area contributed by atoms with Gasteiger partial charge < -0.3 is 0 Å². The van der Waals surface area contributed by atoms with Crippen molar-refractivity contribution in [1.82, 2.24) is 9.78 Å². The Morgan fingerprint density at radius 2 is 1.94 bits per heavy atom. The highest BCUT2D eigenvalue weighted by molar-refractivity contribution is 9.08. The van der Waals surface area contributed by atoms with Crippen LogP contribution in [0.25, 0.3) is 11.3 Å². The van der Waals surface area contributed by atoms with Crippen LogP contribution in [0.3, 0.4) is 0 Å². The van der Waals surface area contributed by atoms with Gasteiger partial charge in [-0.3, -0.25) is 4.68 Å². The molecule has 17 heavy (non-hydrogen) atoms. The van der Waals surface area contributed by atoms with Crippen molar-refractivity contribution in [2.75, 3.05) is 0 Å². The molecule has 1 aromatic heterocycles. The lowest BCUT2D eigenvalue weighted by molar-refractivity contribution is 0.152. The first-order valence-electron chi connectivity index (χ1n) is 5.08. The summed E-state index contributed by atoms with van der Waals surface area (Å²) in [6.07, 6.45) is -1.15. The number of aromatic nitrogens is 2. The van der Waals surface area contributed by atoms with Gasteiger partial charge in [-0.25, -0.2) is 8.78 Å². The van der Waals surface area contributed by atoms with Crippen LogP contribution in [-0.4, -0.2) is 9.78 Å². The Hall–Kier alpha value is -1.23. The van der Waals surface area contributed by atoms with Gasteiger partial charge in [0.05, 0.1) is 5.56 Å². The summed E-state index contributed by atoms with van der Waals surface area (Å²) in [5, 5.41) is 4.83. The van der Waals surface area contributed by atoms with Gasteiger partial charge in [-0.1, -0.05) is 40.2 Å². The molecule has 0 radical (unpaired) electrons. The highest BCUT2D eigenvalue weighted by Gasteiger charge is 2.17. The van der Waals surface area contributed by atoms with E-state index in [0.717, 1.165) is 10.9 Å². The van der Waals surface area contributed by atoms with E-state index in [0.29, 0.717) is 11.3 Å². The van der Waals surface area contributed by atoms with Crippen molar-refractivity contribution in [1.29, 1.82) is 0 Å². The fourth-order valence-corrected chi connectivity index (χ4v) is 2.02. The van der Waals surface area contributed by atoms with Gasteiger partial charge in [-0.2, -0.15) is 5.10 Å². The van der Waals surface area contributed by atoms with Crippen molar-refractivity contribution in [3.8, 4) is 11.3 Å².